The van der Waals surface area contributed by atoms with Crippen molar-refractivity contribution in [2.75, 3.05) is 0 Å². The van der Waals surface area contributed by atoms with Crippen molar-refractivity contribution < 1.29 is 14.7 Å². The van der Waals surface area contributed by atoms with Crippen LogP contribution in [0.5, 0.6) is 0 Å². The number of nitrogens with two attached hydrogens (primary N) is 1. The highest BCUT2D eigenvalue weighted by molar-refractivity contribution is 5.89. The molecule has 0 unspecified atom stereocenters. The first kappa shape index (κ1) is 21.3. The Hall–Kier alpha value is -3.90. The maximum Gasteiger partial charge on any atom is 0.327 e. The van der Waals surface area contributed by atoms with Crippen molar-refractivity contribution in [2.45, 2.75) is 24.4 Å². The van der Waals surface area contributed by atoms with Gasteiger partial charge in [-0.15, -0.1) is 0 Å². The van der Waals surface area contributed by atoms with Crippen LogP contribution in [0.2, 0.25) is 0 Å². The number of rotatable bonds is 8. The molecular formula is C26H25N3O3. The van der Waals surface area contributed by atoms with E-state index in [2.05, 4.69) is 10.3 Å². The van der Waals surface area contributed by atoms with Crippen LogP contribution in [0.4, 0.5) is 0 Å². The first-order valence-corrected chi connectivity index (χ1v) is 10.5. The number of hydrogen-bond donors (Lipinski definition) is 4. The molecule has 1 heterocycles. The summed E-state index contributed by atoms with van der Waals surface area (Å²) >= 11 is 0. The lowest BCUT2D eigenvalue weighted by atomic mass is 9.84. The normalized spacial score (nSPS) is 13.1. The molecule has 5 N–H and O–H groups in total. The predicted octanol–water partition coefficient (Wildman–Crippen LogP) is 3.44. The zero-order chi connectivity index (χ0) is 22.5. The maximum atomic E-state index is 13.0. The average molecular weight is 428 g/mol. The van der Waals surface area contributed by atoms with Crippen LogP contribution in [0.1, 0.15) is 22.6 Å². The molecule has 4 rings (SSSR count). The third-order valence-electron chi connectivity index (χ3n) is 5.67. The fourth-order valence-corrected chi connectivity index (χ4v) is 4.08. The van der Waals surface area contributed by atoms with E-state index in [0.717, 1.165) is 27.6 Å². The van der Waals surface area contributed by atoms with Gasteiger partial charge in [-0.25, -0.2) is 4.79 Å². The summed E-state index contributed by atoms with van der Waals surface area (Å²) in [7, 11) is 0. The SMILES string of the molecule is N[C@@H](Cc1c[nH]c2ccccc12)C(=O)N[C@H](C(=O)O)C(c1ccccc1)c1ccccc1. The quantitative estimate of drug-likeness (QED) is 0.345. The van der Waals surface area contributed by atoms with Gasteiger partial charge in [0.2, 0.25) is 5.91 Å². The summed E-state index contributed by atoms with van der Waals surface area (Å²) in [5.74, 6) is -2.17. The molecule has 32 heavy (non-hydrogen) atoms. The minimum atomic E-state index is -1.17. The second-order valence-electron chi connectivity index (χ2n) is 7.79. The zero-order valence-electron chi connectivity index (χ0n) is 17.4. The monoisotopic (exact) mass is 427 g/mol. The van der Waals surface area contributed by atoms with E-state index < -0.39 is 29.9 Å². The molecule has 0 bridgehead atoms. The number of benzene rings is 3. The standard InChI is InChI=1S/C26H25N3O3/c27-21(15-19-16-28-22-14-8-7-13-20(19)22)25(30)29-24(26(31)32)23(17-9-3-1-4-10-17)18-11-5-2-6-12-18/h1-14,16,21,23-24,28H,15,27H2,(H,29,30)(H,31,32)/t21-,24-/m0/s1. The number of carbonyl (C=O) groups excluding carboxylic acids is 1. The summed E-state index contributed by atoms with van der Waals surface area (Å²) in [6.07, 6.45) is 2.13. The molecule has 0 aliphatic rings. The molecule has 6 nitrogen and oxygen atoms in total. The topological polar surface area (TPSA) is 108 Å². The molecule has 6 heteroatoms. The van der Waals surface area contributed by atoms with Gasteiger partial charge in [-0.2, -0.15) is 0 Å². The van der Waals surface area contributed by atoms with Crippen LogP contribution < -0.4 is 11.1 Å². The first-order valence-electron chi connectivity index (χ1n) is 10.5. The Bertz CT molecular complexity index is 1170. The zero-order valence-corrected chi connectivity index (χ0v) is 17.4. The molecule has 162 valence electrons. The summed E-state index contributed by atoms with van der Waals surface area (Å²) in [6.45, 7) is 0. The summed E-state index contributed by atoms with van der Waals surface area (Å²) < 4.78 is 0. The number of H-pyrrole nitrogens is 1. The van der Waals surface area contributed by atoms with E-state index in [0.29, 0.717) is 6.42 Å². The molecule has 2 atom stereocenters. The molecule has 0 spiro atoms. The highest BCUT2D eigenvalue weighted by Gasteiger charge is 2.33. The molecule has 0 saturated heterocycles. The van der Waals surface area contributed by atoms with Crippen molar-refractivity contribution in [1.82, 2.24) is 10.3 Å². The largest absolute Gasteiger partial charge is 0.480 e. The molecule has 0 aliphatic heterocycles. The van der Waals surface area contributed by atoms with E-state index in [-0.39, 0.29) is 0 Å². The number of aliphatic carboxylic acids is 1. The molecule has 1 amide bonds. The number of carboxylic acid groups (broad SMARTS) is 1. The van der Waals surface area contributed by atoms with Crippen molar-refractivity contribution >= 4 is 22.8 Å². The third kappa shape index (κ3) is 4.55. The van der Waals surface area contributed by atoms with Crippen molar-refractivity contribution in [3.8, 4) is 0 Å². The lowest BCUT2D eigenvalue weighted by Crippen LogP contribution is -2.51. The van der Waals surface area contributed by atoms with Gasteiger partial charge in [0.25, 0.3) is 0 Å². The Morgan fingerprint density at radius 1 is 0.875 bits per heavy atom. The number of carboxylic acids is 1. The second kappa shape index (κ2) is 9.49. The number of hydrogen-bond acceptors (Lipinski definition) is 3. The van der Waals surface area contributed by atoms with Crippen molar-refractivity contribution in [1.29, 1.82) is 0 Å². The van der Waals surface area contributed by atoms with E-state index in [4.69, 9.17) is 5.73 Å². The van der Waals surface area contributed by atoms with Crippen LogP contribution in [0, 0.1) is 0 Å². The summed E-state index contributed by atoms with van der Waals surface area (Å²) in [5, 5.41) is 13.7. The Kier molecular flexibility index (Phi) is 6.33. The Balaban J connectivity index is 1.58. The van der Waals surface area contributed by atoms with Crippen LogP contribution >= 0.6 is 0 Å². The highest BCUT2D eigenvalue weighted by Crippen LogP contribution is 2.28. The number of carbonyl (C=O) groups is 2. The lowest BCUT2D eigenvalue weighted by Gasteiger charge is -2.27. The molecule has 0 radical (unpaired) electrons. The molecule has 4 aromatic rings. The fraction of sp³-hybridized carbons (Fsp3) is 0.154. The van der Waals surface area contributed by atoms with Gasteiger partial charge in [-0.05, 0) is 29.2 Å². The minimum absolute atomic E-state index is 0.295. The second-order valence-corrected chi connectivity index (χ2v) is 7.79. The minimum Gasteiger partial charge on any atom is -0.480 e. The smallest absolute Gasteiger partial charge is 0.327 e. The number of fused-ring (bicyclic) bond motifs is 1. The number of aromatic nitrogens is 1. The van der Waals surface area contributed by atoms with Crippen LogP contribution in [0.25, 0.3) is 10.9 Å². The molecule has 0 fully saturated rings. The third-order valence-corrected chi connectivity index (χ3v) is 5.67. The maximum absolute atomic E-state index is 13.0. The van der Waals surface area contributed by atoms with E-state index in [1.807, 2.05) is 91.1 Å². The Labute approximate surface area is 186 Å². The Morgan fingerprint density at radius 3 is 2.03 bits per heavy atom. The van der Waals surface area contributed by atoms with Gasteiger partial charge in [-0.3, -0.25) is 4.79 Å². The van der Waals surface area contributed by atoms with Gasteiger partial charge in [0.15, 0.2) is 0 Å². The van der Waals surface area contributed by atoms with Crippen LogP contribution in [0.3, 0.4) is 0 Å². The van der Waals surface area contributed by atoms with E-state index in [1.165, 1.54) is 0 Å². The van der Waals surface area contributed by atoms with Crippen molar-refractivity contribution in [3.63, 3.8) is 0 Å². The fourth-order valence-electron chi connectivity index (χ4n) is 4.08. The van der Waals surface area contributed by atoms with Crippen molar-refractivity contribution in [3.05, 3.63) is 108 Å². The number of amides is 1. The summed E-state index contributed by atoms with van der Waals surface area (Å²) in [5.41, 5.74) is 9.69. The molecule has 3 aromatic carbocycles. The highest BCUT2D eigenvalue weighted by atomic mass is 16.4. The van der Waals surface area contributed by atoms with Crippen LogP contribution in [-0.2, 0) is 16.0 Å². The van der Waals surface area contributed by atoms with Gasteiger partial charge < -0.3 is 21.1 Å². The van der Waals surface area contributed by atoms with E-state index in [1.54, 1.807) is 0 Å². The number of para-hydroxylation sites is 1. The van der Waals surface area contributed by atoms with Gasteiger partial charge in [0.1, 0.15) is 6.04 Å². The number of aromatic amines is 1. The summed E-state index contributed by atoms with van der Waals surface area (Å²) in [6, 6.07) is 24.4. The van der Waals surface area contributed by atoms with Crippen LogP contribution in [-0.4, -0.2) is 34.1 Å². The van der Waals surface area contributed by atoms with E-state index in [9.17, 15) is 14.7 Å². The lowest BCUT2D eigenvalue weighted by molar-refractivity contribution is -0.142. The molecule has 0 aliphatic carbocycles. The van der Waals surface area contributed by atoms with E-state index >= 15 is 0 Å². The predicted molar refractivity (Wildman–Crippen MR) is 124 cm³/mol. The average Bonchev–Trinajstić information content (AvgIpc) is 3.22. The van der Waals surface area contributed by atoms with Gasteiger partial charge in [0.05, 0.1) is 6.04 Å². The molecular weight excluding hydrogens is 402 g/mol. The first-order chi connectivity index (χ1) is 15.5. The van der Waals surface area contributed by atoms with Crippen molar-refractivity contribution in [2.24, 2.45) is 5.73 Å². The van der Waals surface area contributed by atoms with Gasteiger partial charge in [0, 0.05) is 23.0 Å². The Morgan fingerprint density at radius 2 is 1.44 bits per heavy atom. The molecule has 1 aromatic heterocycles. The summed E-state index contributed by atoms with van der Waals surface area (Å²) in [4.78, 5) is 28.4. The molecule has 0 saturated carbocycles. The van der Waals surface area contributed by atoms with Gasteiger partial charge >= 0.3 is 5.97 Å². The number of nitrogens with one attached hydrogen (secondary N) is 2. The van der Waals surface area contributed by atoms with Crippen LogP contribution in [0.15, 0.2) is 91.1 Å². The van der Waals surface area contributed by atoms with Gasteiger partial charge in [-0.1, -0.05) is 78.9 Å².